The molecule has 0 bridgehead atoms. The standard InChI is InChI=1S/C5H10N2/c1-2-5-3-6-7-4-5/h3,5,7H,2,4H2,1H3. The van der Waals surface area contributed by atoms with Crippen molar-refractivity contribution in [1.29, 1.82) is 0 Å². The summed E-state index contributed by atoms with van der Waals surface area (Å²) in [5, 5.41) is 3.86. The first-order chi connectivity index (χ1) is 3.43. The largest absolute Gasteiger partial charge is 0.310 e. The molecular formula is C5H10N2. The average Bonchev–Trinajstić information content (AvgIpc) is 2.14. The van der Waals surface area contributed by atoms with Gasteiger partial charge in [-0.25, -0.2) is 0 Å². The second-order valence-corrected chi connectivity index (χ2v) is 1.81. The Morgan fingerprint density at radius 1 is 2.00 bits per heavy atom. The summed E-state index contributed by atoms with van der Waals surface area (Å²) in [5.74, 6) is 0.694. The lowest BCUT2D eigenvalue weighted by atomic mass is 10.1. The molecule has 7 heavy (non-hydrogen) atoms. The van der Waals surface area contributed by atoms with Crippen molar-refractivity contribution in [2.24, 2.45) is 11.0 Å². The molecule has 1 rings (SSSR count). The van der Waals surface area contributed by atoms with E-state index in [1.807, 2.05) is 6.21 Å². The molecule has 0 fully saturated rings. The van der Waals surface area contributed by atoms with E-state index in [9.17, 15) is 0 Å². The molecule has 0 saturated carbocycles. The summed E-state index contributed by atoms with van der Waals surface area (Å²) < 4.78 is 0. The zero-order valence-corrected chi connectivity index (χ0v) is 4.52. The van der Waals surface area contributed by atoms with Crippen molar-refractivity contribution in [2.45, 2.75) is 13.3 Å². The molecule has 0 saturated heterocycles. The summed E-state index contributed by atoms with van der Waals surface area (Å²) in [5.41, 5.74) is 2.89. The smallest absolute Gasteiger partial charge is 0.0407 e. The van der Waals surface area contributed by atoms with Gasteiger partial charge in [0.25, 0.3) is 0 Å². The van der Waals surface area contributed by atoms with E-state index in [2.05, 4.69) is 17.5 Å². The predicted molar refractivity (Wildman–Crippen MR) is 30.3 cm³/mol. The number of hydrogen-bond acceptors (Lipinski definition) is 2. The third-order valence-electron chi connectivity index (χ3n) is 1.25. The van der Waals surface area contributed by atoms with Gasteiger partial charge in [0.2, 0.25) is 0 Å². The lowest BCUT2D eigenvalue weighted by Crippen LogP contribution is -2.08. The van der Waals surface area contributed by atoms with Crippen molar-refractivity contribution in [1.82, 2.24) is 5.43 Å². The Labute approximate surface area is 43.6 Å². The van der Waals surface area contributed by atoms with Gasteiger partial charge in [-0.3, -0.25) is 0 Å². The van der Waals surface area contributed by atoms with E-state index in [0.29, 0.717) is 5.92 Å². The van der Waals surface area contributed by atoms with Gasteiger partial charge in [-0.05, 0) is 6.42 Å². The third kappa shape index (κ3) is 0.918. The third-order valence-corrected chi connectivity index (χ3v) is 1.25. The number of hydrazone groups is 1. The van der Waals surface area contributed by atoms with Crippen molar-refractivity contribution in [3.63, 3.8) is 0 Å². The normalized spacial score (nSPS) is 27.9. The fraction of sp³-hybridized carbons (Fsp3) is 0.800. The molecule has 1 unspecified atom stereocenters. The predicted octanol–water partition coefficient (Wildman–Crippen LogP) is 0.602. The van der Waals surface area contributed by atoms with Crippen LogP contribution >= 0.6 is 0 Å². The Bertz CT molecular complexity index is 78.1. The molecule has 1 aliphatic heterocycles. The summed E-state index contributed by atoms with van der Waals surface area (Å²) in [7, 11) is 0. The zero-order chi connectivity index (χ0) is 5.11. The number of hydrogen-bond donors (Lipinski definition) is 1. The van der Waals surface area contributed by atoms with Crippen molar-refractivity contribution in [3.8, 4) is 0 Å². The van der Waals surface area contributed by atoms with Crippen LogP contribution in [0.4, 0.5) is 0 Å². The summed E-state index contributed by atoms with van der Waals surface area (Å²) in [4.78, 5) is 0. The SMILES string of the molecule is CCC1C=NNC1. The molecule has 1 aliphatic rings. The van der Waals surface area contributed by atoms with Crippen LogP contribution < -0.4 is 5.43 Å². The maximum Gasteiger partial charge on any atom is 0.0407 e. The molecule has 0 amide bonds. The molecule has 40 valence electrons. The lowest BCUT2D eigenvalue weighted by Gasteiger charge is -1.95. The topological polar surface area (TPSA) is 24.4 Å². The fourth-order valence-corrected chi connectivity index (χ4v) is 0.631. The van der Waals surface area contributed by atoms with Crippen LogP contribution in [0.1, 0.15) is 13.3 Å². The quantitative estimate of drug-likeness (QED) is 0.510. The number of nitrogens with one attached hydrogen (secondary N) is 1. The monoisotopic (exact) mass is 98.1 g/mol. The van der Waals surface area contributed by atoms with Crippen LogP contribution in [0, 0.1) is 5.92 Å². The Morgan fingerprint density at radius 3 is 3.14 bits per heavy atom. The highest BCUT2D eigenvalue weighted by atomic mass is 15.3. The lowest BCUT2D eigenvalue weighted by molar-refractivity contribution is 0.645. The van der Waals surface area contributed by atoms with Crippen molar-refractivity contribution < 1.29 is 0 Å². The zero-order valence-electron chi connectivity index (χ0n) is 4.52. The second kappa shape index (κ2) is 1.96. The second-order valence-electron chi connectivity index (χ2n) is 1.81. The van der Waals surface area contributed by atoms with Gasteiger partial charge in [-0.2, -0.15) is 5.10 Å². The number of rotatable bonds is 1. The van der Waals surface area contributed by atoms with Crippen LogP contribution in [0.25, 0.3) is 0 Å². The van der Waals surface area contributed by atoms with E-state index in [1.165, 1.54) is 6.42 Å². The molecule has 0 radical (unpaired) electrons. The fourth-order valence-electron chi connectivity index (χ4n) is 0.631. The molecule has 0 aromatic heterocycles. The molecule has 2 nitrogen and oxygen atoms in total. The van der Waals surface area contributed by atoms with E-state index in [-0.39, 0.29) is 0 Å². The molecule has 1 heterocycles. The molecular weight excluding hydrogens is 88.1 g/mol. The van der Waals surface area contributed by atoms with E-state index in [4.69, 9.17) is 0 Å². The first kappa shape index (κ1) is 4.62. The Balaban J connectivity index is 2.28. The molecule has 0 aliphatic carbocycles. The summed E-state index contributed by atoms with van der Waals surface area (Å²) in [6.45, 7) is 3.21. The van der Waals surface area contributed by atoms with Crippen LogP contribution in [-0.2, 0) is 0 Å². The minimum Gasteiger partial charge on any atom is -0.310 e. The Kier molecular flexibility index (Phi) is 1.29. The van der Waals surface area contributed by atoms with E-state index >= 15 is 0 Å². The van der Waals surface area contributed by atoms with E-state index in [0.717, 1.165) is 6.54 Å². The highest BCUT2D eigenvalue weighted by molar-refractivity contribution is 5.62. The molecule has 0 aromatic carbocycles. The van der Waals surface area contributed by atoms with Gasteiger partial charge in [0, 0.05) is 18.7 Å². The summed E-state index contributed by atoms with van der Waals surface area (Å²) in [6, 6.07) is 0. The Morgan fingerprint density at radius 2 is 2.86 bits per heavy atom. The maximum atomic E-state index is 3.86. The first-order valence-electron chi connectivity index (χ1n) is 2.69. The van der Waals surface area contributed by atoms with E-state index in [1.54, 1.807) is 0 Å². The van der Waals surface area contributed by atoms with Gasteiger partial charge >= 0.3 is 0 Å². The average molecular weight is 98.1 g/mol. The van der Waals surface area contributed by atoms with Gasteiger partial charge in [0.1, 0.15) is 0 Å². The minimum absolute atomic E-state index is 0.694. The van der Waals surface area contributed by atoms with Gasteiger partial charge in [0.05, 0.1) is 0 Å². The highest BCUT2D eigenvalue weighted by Crippen LogP contribution is 1.99. The molecule has 0 aromatic rings. The molecule has 0 spiro atoms. The highest BCUT2D eigenvalue weighted by Gasteiger charge is 2.04. The maximum absolute atomic E-state index is 3.86. The van der Waals surface area contributed by atoms with E-state index < -0.39 is 0 Å². The number of nitrogens with zero attached hydrogens (tertiary/aromatic N) is 1. The Hall–Kier alpha value is -0.530. The first-order valence-corrected chi connectivity index (χ1v) is 2.69. The molecule has 2 heteroatoms. The van der Waals surface area contributed by atoms with Crippen LogP contribution in [-0.4, -0.2) is 12.8 Å². The van der Waals surface area contributed by atoms with Gasteiger partial charge < -0.3 is 5.43 Å². The van der Waals surface area contributed by atoms with Crippen molar-refractivity contribution in [3.05, 3.63) is 0 Å². The minimum atomic E-state index is 0.694. The summed E-state index contributed by atoms with van der Waals surface area (Å²) >= 11 is 0. The van der Waals surface area contributed by atoms with Crippen molar-refractivity contribution in [2.75, 3.05) is 6.54 Å². The van der Waals surface area contributed by atoms with Gasteiger partial charge in [0.15, 0.2) is 0 Å². The van der Waals surface area contributed by atoms with Gasteiger partial charge in [-0.1, -0.05) is 6.92 Å². The van der Waals surface area contributed by atoms with Crippen LogP contribution in [0.3, 0.4) is 0 Å². The van der Waals surface area contributed by atoms with Crippen molar-refractivity contribution >= 4 is 6.21 Å². The van der Waals surface area contributed by atoms with Crippen LogP contribution in [0.2, 0.25) is 0 Å². The van der Waals surface area contributed by atoms with Crippen LogP contribution in [0.15, 0.2) is 5.10 Å². The van der Waals surface area contributed by atoms with Gasteiger partial charge in [-0.15, -0.1) is 0 Å². The van der Waals surface area contributed by atoms with Crippen LogP contribution in [0.5, 0.6) is 0 Å². The molecule has 1 N–H and O–H groups in total. The summed E-state index contributed by atoms with van der Waals surface area (Å²) in [6.07, 6.45) is 3.18. The molecule has 1 atom stereocenters.